The molecule has 31 heavy (non-hydrogen) atoms. The molecule has 0 radical (unpaired) electrons. The molecule has 4 aliphatic rings. The molecular formula is C25H40O6. The summed E-state index contributed by atoms with van der Waals surface area (Å²) in [5, 5.41) is 18.2. The summed E-state index contributed by atoms with van der Waals surface area (Å²) in [7, 11) is 0. The fourth-order valence-corrected chi connectivity index (χ4v) is 8.91. The van der Waals surface area contributed by atoms with Crippen LogP contribution >= 0.6 is 0 Å². The first-order valence-corrected chi connectivity index (χ1v) is 12.1. The second kappa shape index (κ2) is 8.02. The summed E-state index contributed by atoms with van der Waals surface area (Å²) in [5.41, 5.74) is 0.753. The van der Waals surface area contributed by atoms with Gasteiger partial charge in [-0.2, -0.15) is 0 Å². The van der Waals surface area contributed by atoms with Gasteiger partial charge < -0.3 is 19.7 Å². The number of carboxylic acid groups (broad SMARTS) is 2. The van der Waals surface area contributed by atoms with Crippen LogP contribution in [0, 0.1) is 39.9 Å². The molecule has 176 valence electrons. The molecule has 0 aliphatic heterocycles. The molecule has 0 amide bonds. The summed E-state index contributed by atoms with van der Waals surface area (Å²) in [4.78, 5) is 22.1. The monoisotopic (exact) mass is 436 g/mol. The number of aliphatic carboxylic acids is 2. The summed E-state index contributed by atoms with van der Waals surface area (Å²) >= 11 is 0. The maximum absolute atomic E-state index is 11.1. The molecule has 0 aromatic rings. The Balaban J connectivity index is 1.61. The average molecular weight is 437 g/mol. The van der Waals surface area contributed by atoms with Crippen LogP contribution in [0.2, 0.25) is 0 Å². The molecule has 6 heteroatoms. The highest BCUT2D eigenvalue weighted by atomic mass is 16.5. The molecular weight excluding hydrogens is 396 g/mol. The van der Waals surface area contributed by atoms with Crippen molar-refractivity contribution in [3.05, 3.63) is 0 Å². The largest absolute Gasteiger partial charge is 0.480 e. The van der Waals surface area contributed by atoms with Crippen LogP contribution in [-0.2, 0) is 19.1 Å². The third-order valence-electron chi connectivity index (χ3n) is 9.54. The number of ether oxygens (including phenoxy) is 2. The quantitative estimate of drug-likeness (QED) is 0.632. The minimum absolute atomic E-state index is 0.0351. The zero-order valence-corrected chi connectivity index (χ0v) is 19.6. The van der Waals surface area contributed by atoms with E-state index in [1.807, 2.05) is 0 Å². The standard InChI is InChI=1S/C25H40O6/c1-23(2)13-25(19-9-15(5-7-17(19)23)30-11-21(26)27)14-24(3,4)18-8-6-16(10-20(18)25)31-12-22(28)29/h15-20H,5-14H2,1-4H3,(H,26,27)(H,28,29). The first-order valence-electron chi connectivity index (χ1n) is 12.1. The number of carbonyl (C=O) groups is 2. The van der Waals surface area contributed by atoms with Crippen molar-refractivity contribution in [3.63, 3.8) is 0 Å². The molecule has 1 spiro atoms. The summed E-state index contributed by atoms with van der Waals surface area (Å²) < 4.78 is 11.6. The van der Waals surface area contributed by atoms with Gasteiger partial charge in [0, 0.05) is 0 Å². The average Bonchev–Trinajstić information content (AvgIpc) is 3.04. The van der Waals surface area contributed by atoms with Crippen molar-refractivity contribution in [2.45, 2.75) is 91.3 Å². The SMILES string of the molecule is CC1(C)CC2(CC(C)(C)C3CCC(OCC(=O)O)CC32)C2CC(OCC(=O)O)CCC21. The van der Waals surface area contributed by atoms with Gasteiger partial charge in [0.05, 0.1) is 12.2 Å². The highest BCUT2D eigenvalue weighted by molar-refractivity contribution is 5.68. The second-order valence-electron chi connectivity index (χ2n) is 12.3. The van der Waals surface area contributed by atoms with E-state index in [1.165, 1.54) is 12.8 Å². The van der Waals surface area contributed by atoms with E-state index in [1.54, 1.807) is 0 Å². The van der Waals surface area contributed by atoms with Crippen LogP contribution in [0.1, 0.15) is 79.1 Å². The fraction of sp³-hybridized carbons (Fsp3) is 0.920. The van der Waals surface area contributed by atoms with E-state index >= 15 is 0 Å². The van der Waals surface area contributed by atoms with Crippen molar-refractivity contribution in [1.82, 2.24) is 0 Å². The Hall–Kier alpha value is -1.14. The van der Waals surface area contributed by atoms with Gasteiger partial charge in [0.2, 0.25) is 0 Å². The summed E-state index contributed by atoms with van der Waals surface area (Å²) in [6.45, 7) is 9.31. The van der Waals surface area contributed by atoms with E-state index in [-0.39, 0.29) is 41.7 Å². The van der Waals surface area contributed by atoms with Gasteiger partial charge in [0.1, 0.15) is 13.2 Å². The maximum atomic E-state index is 11.1. The Morgan fingerprint density at radius 2 is 1.10 bits per heavy atom. The highest BCUT2D eigenvalue weighted by Crippen LogP contribution is 2.74. The zero-order valence-electron chi connectivity index (χ0n) is 19.6. The van der Waals surface area contributed by atoms with Crippen molar-refractivity contribution < 1.29 is 29.3 Å². The molecule has 4 saturated carbocycles. The van der Waals surface area contributed by atoms with Crippen LogP contribution in [0.3, 0.4) is 0 Å². The van der Waals surface area contributed by atoms with Crippen LogP contribution in [0.4, 0.5) is 0 Å². The van der Waals surface area contributed by atoms with Crippen LogP contribution in [0.5, 0.6) is 0 Å². The van der Waals surface area contributed by atoms with Gasteiger partial charge in [-0.15, -0.1) is 0 Å². The number of hydrogen-bond donors (Lipinski definition) is 2. The number of hydrogen-bond acceptors (Lipinski definition) is 4. The van der Waals surface area contributed by atoms with E-state index in [9.17, 15) is 9.59 Å². The third-order valence-corrected chi connectivity index (χ3v) is 9.54. The van der Waals surface area contributed by atoms with Crippen molar-refractivity contribution in [2.75, 3.05) is 13.2 Å². The normalized spacial score (nSPS) is 42.8. The predicted molar refractivity (Wildman–Crippen MR) is 116 cm³/mol. The molecule has 6 unspecified atom stereocenters. The van der Waals surface area contributed by atoms with E-state index in [0.717, 1.165) is 38.5 Å². The van der Waals surface area contributed by atoms with Crippen molar-refractivity contribution in [2.24, 2.45) is 39.9 Å². The lowest BCUT2D eigenvalue weighted by atomic mass is 9.60. The molecule has 4 rings (SSSR count). The van der Waals surface area contributed by atoms with E-state index in [2.05, 4.69) is 27.7 Å². The summed E-state index contributed by atoms with van der Waals surface area (Å²) in [6.07, 6.45) is 8.53. The molecule has 0 saturated heterocycles. The minimum atomic E-state index is -0.892. The first-order chi connectivity index (χ1) is 14.4. The van der Waals surface area contributed by atoms with Crippen LogP contribution in [-0.4, -0.2) is 47.6 Å². The zero-order chi connectivity index (χ0) is 22.6. The third kappa shape index (κ3) is 4.15. The number of rotatable bonds is 6. The molecule has 6 atom stereocenters. The van der Waals surface area contributed by atoms with Gasteiger partial charge in [0.15, 0.2) is 0 Å². The molecule has 4 fully saturated rings. The lowest BCUT2D eigenvalue weighted by Gasteiger charge is -2.47. The van der Waals surface area contributed by atoms with Gasteiger partial charge in [-0.3, -0.25) is 0 Å². The van der Waals surface area contributed by atoms with Crippen molar-refractivity contribution >= 4 is 11.9 Å². The molecule has 2 N–H and O–H groups in total. The van der Waals surface area contributed by atoms with Gasteiger partial charge in [0.25, 0.3) is 0 Å². The second-order valence-corrected chi connectivity index (χ2v) is 12.3. The first kappa shape index (κ1) is 23.0. The Morgan fingerprint density at radius 1 is 0.710 bits per heavy atom. The van der Waals surface area contributed by atoms with Crippen molar-refractivity contribution in [3.8, 4) is 0 Å². The molecule has 0 aromatic heterocycles. The van der Waals surface area contributed by atoms with Gasteiger partial charge in [-0.1, -0.05) is 27.7 Å². The minimum Gasteiger partial charge on any atom is -0.480 e. The van der Waals surface area contributed by atoms with E-state index in [0.29, 0.717) is 23.7 Å². The predicted octanol–water partition coefficient (Wildman–Crippen LogP) is 4.60. The Labute approximate surface area is 186 Å². The molecule has 0 aromatic carbocycles. The van der Waals surface area contributed by atoms with Crippen LogP contribution in [0.15, 0.2) is 0 Å². The summed E-state index contributed by atoms with van der Waals surface area (Å²) in [6, 6.07) is 0. The van der Waals surface area contributed by atoms with Crippen molar-refractivity contribution in [1.29, 1.82) is 0 Å². The van der Waals surface area contributed by atoms with E-state index < -0.39 is 11.9 Å². The van der Waals surface area contributed by atoms with E-state index in [4.69, 9.17) is 19.7 Å². The number of fused-ring (bicyclic) bond motifs is 4. The lowest BCUT2D eigenvalue weighted by Crippen LogP contribution is -2.42. The highest BCUT2D eigenvalue weighted by Gasteiger charge is 2.68. The summed E-state index contributed by atoms with van der Waals surface area (Å²) in [5.74, 6) is 0.594. The fourth-order valence-electron chi connectivity index (χ4n) is 8.91. The van der Waals surface area contributed by atoms with Crippen LogP contribution < -0.4 is 0 Å². The Bertz CT molecular complexity index is 653. The molecule has 6 nitrogen and oxygen atoms in total. The molecule has 0 heterocycles. The topological polar surface area (TPSA) is 93.1 Å². The van der Waals surface area contributed by atoms with Crippen LogP contribution in [0.25, 0.3) is 0 Å². The lowest BCUT2D eigenvalue weighted by molar-refractivity contribution is -0.146. The van der Waals surface area contributed by atoms with Gasteiger partial charge >= 0.3 is 11.9 Å². The molecule has 4 aliphatic carbocycles. The molecule has 0 bridgehead atoms. The van der Waals surface area contributed by atoms with Gasteiger partial charge in [-0.05, 0) is 91.3 Å². The Kier molecular flexibility index (Phi) is 5.96. The maximum Gasteiger partial charge on any atom is 0.329 e. The number of carboxylic acids is 2. The Morgan fingerprint density at radius 3 is 1.45 bits per heavy atom. The smallest absolute Gasteiger partial charge is 0.329 e. The van der Waals surface area contributed by atoms with Gasteiger partial charge in [-0.25, -0.2) is 9.59 Å².